The van der Waals surface area contributed by atoms with Crippen molar-refractivity contribution in [3.8, 4) is 0 Å². The van der Waals surface area contributed by atoms with E-state index in [4.69, 9.17) is 0 Å². The van der Waals surface area contributed by atoms with Crippen LogP contribution >= 0.6 is 0 Å². The van der Waals surface area contributed by atoms with Gasteiger partial charge in [0.1, 0.15) is 5.82 Å². The van der Waals surface area contributed by atoms with Crippen LogP contribution in [0.1, 0.15) is 30.5 Å². The van der Waals surface area contributed by atoms with Crippen molar-refractivity contribution in [2.45, 2.75) is 30.6 Å². The summed E-state index contributed by atoms with van der Waals surface area (Å²) >= 11 is 0. The van der Waals surface area contributed by atoms with Gasteiger partial charge in [0.2, 0.25) is 5.95 Å². The SMILES string of the molecule is CC(=NNc1cc(NN=C(C)c2ccc(S(C)(=O)=O)cc2)nc(Nc2cc(F)ccc2C)n1)c1ccc(S(C)(=O)=O)cc1. The Bertz CT molecular complexity index is 1820. The first-order valence-corrected chi connectivity index (χ1v) is 16.6. The average Bonchev–Trinajstić information content (AvgIpc) is 2.95. The zero-order valence-electron chi connectivity index (χ0n) is 24.0. The molecule has 1 aromatic heterocycles. The molecule has 0 aliphatic rings. The lowest BCUT2D eigenvalue weighted by Gasteiger charge is -2.12. The number of benzene rings is 3. The molecule has 43 heavy (non-hydrogen) atoms. The second-order valence-electron chi connectivity index (χ2n) is 9.76. The molecule has 4 aromatic rings. The molecule has 0 atom stereocenters. The minimum Gasteiger partial charge on any atom is -0.324 e. The Hall–Kier alpha value is -4.69. The number of rotatable bonds is 10. The van der Waals surface area contributed by atoms with Gasteiger partial charge in [-0.2, -0.15) is 20.2 Å². The highest BCUT2D eigenvalue weighted by Crippen LogP contribution is 2.23. The summed E-state index contributed by atoms with van der Waals surface area (Å²) in [6.07, 6.45) is 2.28. The zero-order chi connectivity index (χ0) is 31.4. The Morgan fingerprint density at radius 3 is 1.56 bits per heavy atom. The van der Waals surface area contributed by atoms with Crippen molar-refractivity contribution in [2.24, 2.45) is 10.2 Å². The highest BCUT2D eigenvalue weighted by atomic mass is 32.2. The third-order valence-corrected chi connectivity index (χ3v) is 8.51. The van der Waals surface area contributed by atoms with Crippen molar-refractivity contribution in [3.05, 3.63) is 95.3 Å². The number of hydrogen-bond donors (Lipinski definition) is 3. The molecule has 14 heteroatoms. The third kappa shape index (κ3) is 8.42. The van der Waals surface area contributed by atoms with Gasteiger partial charge in [0, 0.05) is 24.3 Å². The maximum atomic E-state index is 13.9. The maximum Gasteiger partial charge on any atom is 0.231 e. The summed E-state index contributed by atoms with van der Waals surface area (Å²) in [7, 11) is -6.65. The predicted octanol–water partition coefficient (Wildman–Crippen LogP) is 5.15. The second kappa shape index (κ2) is 12.7. The van der Waals surface area contributed by atoms with Gasteiger partial charge in [-0.05, 0) is 73.9 Å². The molecule has 11 nitrogen and oxygen atoms in total. The number of sulfone groups is 2. The number of nitrogens with one attached hydrogen (secondary N) is 3. The number of anilines is 4. The van der Waals surface area contributed by atoms with Crippen LogP contribution in [-0.2, 0) is 19.7 Å². The van der Waals surface area contributed by atoms with E-state index < -0.39 is 25.5 Å². The van der Waals surface area contributed by atoms with E-state index >= 15 is 0 Å². The summed E-state index contributed by atoms with van der Waals surface area (Å²) in [5.41, 5.74) is 9.53. The number of aromatic nitrogens is 2. The fraction of sp³-hybridized carbons (Fsp3) is 0.172. The monoisotopic (exact) mass is 623 g/mol. The van der Waals surface area contributed by atoms with Crippen LogP contribution in [-0.4, -0.2) is 50.7 Å². The third-order valence-electron chi connectivity index (χ3n) is 6.25. The zero-order valence-corrected chi connectivity index (χ0v) is 25.7. The van der Waals surface area contributed by atoms with Crippen LogP contribution in [0.5, 0.6) is 0 Å². The lowest BCUT2D eigenvalue weighted by molar-refractivity contribution is 0.600. The summed E-state index contributed by atoms with van der Waals surface area (Å²) < 4.78 is 61.0. The first-order valence-electron chi connectivity index (χ1n) is 12.8. The number of hydrogen-bond acceptors (Lipinski definition) is 11. The summed E-state index contributed by atoms with van der Waals surface area (Å²) in [5.74, 6) is 0.278. The van der Waals surface area contributed by atoms with Crippen molar-refractivity contribution in [3.63, 3.8) is 0 Å². The Balaban J connectivity index is 1.62. The van der Waals surface area contributed by atoms with E-state index in [1.54, 1.807) is 50.2 Å². The van der Waals surface area contributed by atoms with E-state index in [0.29, 0.717) is 28.2 Å². The van der Waals surface area contributed by atoms with Gasteiger partial charge >= 0.3 is 0 Å². The van der Waals surface area contributed by atoms with Gasteiger partial charge in [0.25, 0.3) is 0 Å². The number of hydrazone groups is 2. The fourth-order valence-electron chi connectivity index (χ4n) is 3.77. The van der Waals surface area contributed by atoms with Crippen LogP contribution in [0.15, 0.2) is 92.8 Å². The van der Waals surface area contributed by atoms with Gasteiger partial charge in [0.15, 0.2) is 31.3 Å². The molecule has 0 aliphatic heterocycles. The first kappa shape index (κ1) is 31.3. The fourth-order valence-corrected chi connectivity index (χ4v) is 5.03. The lowest BCUT2D eigenvalue weighted by Crippen LogP contribution is -2.07. The minimum absolute atomic E-state index is 0.136. The van der Waals surface area contributed by atoms with Gasteiger partial charge < -0.3 is 5.32 Å². The van der Waals surface area contributed by atoms with Crippen molar-refractivity contribution in [1.29, 1.82) is 0 Å². The first-order chi connectivity index (χ1) is 20.2. The lowest BCUT2D eigenvalue weighted by atomic mass is 10.1. The van der Waals surface area contributed by atoms with E-state index in [9.17, 15) is 21.2 Å². The van der Waals surface area contributed by atoms with Gasteiger partial charge in [0.05, 0.1) is 21.2 Å². The van der Waals surface area contributed by atoms with E-state index in [1.807, 2.05) is 6.92 Å². The summed E-state index contributed by atoms with van der Waals surface area (Å²) in [6.45, 7) is 5.32. The van der Waals surface area contributed by atoms with Crippen LogP contribution < -0.4 is 16.2 Å². The molecule has 1 heterocycles. The van der Waals surface area contributed by atoms with Gasteiger partial charge in [-0.1, -0.05) is 30.3 Å². The van der Waals surface area contributed by atoms with Crippen molar-refractivity contribution >= 4 is 54.4 Å². The molecule has 0 spiro atoms. The van der Waals surface area contributed by atoms with E-state index in [2.05, 4.69) is 36.3 Å². The van der Waals surface area contributed by atoms with E-state index in [1.165, 1.54) is 36.4 Å². The van der Waals surface area contributed by atoms with Gasteiger partial charge in [-0.15, -0.1) is 0 Å². The molecule has 0 unspecified atom stereocenters. The smallest absolute Gasteiger partial charge is 0.231 e. The molecular formula is C29H30FN7O4S2. The number of halogens is 1. The molecule has 224 valence electrons. The number of nitrogens with zero attached hydrogens (tertiary/aromatic N) is 4. The highest BCUT2D eigenvalue weighted by Gasteiger charge is 2.11. The molecule has 0 saturated carbocycles. The Kier molecular flexibility index (Phi) is 9.21. The largest absolute Gasteiger partial charge is 0.324 e. The van der Waals surface area contributed by atoms with Crippen molar-refractivity contribution < 1.29 is 21.2 Å². The van der Waals surface area contributed by atoms with Crippen LogP contribution in [0.25, 0.3) is 0 Å². The standard InChI is InChI=1S/C29H30FN7O4S2/c1-18-6-11-23(30)16-26(18)31-29-32-27(36-34-19(2)21-7-12-24(13-8-21)42(4,38)39)17-28(33-29)37-35-20(3)22-9-14-25(15-10-22)43(5,40)41/h6-17H,1-5H3,(H3,31,32,33,36,37). The van der Waals surface area contributed by atoms with Gasteiger partial charge in [-0.25, -0.2) is 21.2 Å². The van der Waals surface area contributed by atoms with Crippen molar-refractivity contribution in [2.75, 3.05) is 28.7 Å². The second-order valence-corrected chi connectivity index (χ2v) is 13.8. The topological polar surface area (TPSA) is 155 Å². The molecule has 0 amide bonds. The summed E-state index contributed by atoms with van der Waals surface area (Å²) in [4.78, 5) is 9.29. The average molecular weight is 624 g/mol. The van der Waals surface area contributed by atoms with E-state index in [-0.39, 0.29) is 27.4 Å². The molecule has 0 saturated heterocycles. The van der Waals surface area contributed by atoms with Crippen LogP contribution in [0, 0.1) is 12.7 Å². The van der Waals surface area contributed by atoms with Gasteiger partial charge in [-0.3, -0.25) is 10.9 Å². The van der Waals surface area contributed by atoms with Crippen LogP contribution in [0.3, 0.4) is 0 Å². The predicted molar refractivity (Wildman–Crippen MR) is 167 cm³/mol. The number of aryl methyl sites for hydroxylation is 1. The Morgan fingerprint density at radius 1 is 0.698 bits per heavy atom. The quantitative estimate of drug-likeness (QED) is 0.161. The Labute approximate surface area is 249 Å². The van der Waals surface area contributed by atoms with Crippen LogP contribution in [0.2, 0.25) is 0 Å². The molecule has 3 aromatic carbocycles. The molecule has 3 N–H and O–H groups in total. The molecule has 4 rings (SSSR count). The summed E-state index contributed by atoms with van der Waals surface area (Å²) in [6, 6.07) is 18.5. The minimum atomic E-state index is -3.32. The summed E-state index contributed by atoms with van der Waals surface area (Å²) in [5, 5.41) is 11.8. The molecule has 0 aliphatic carbocycles. The molecule has 0 fully saturated rings. The normalized spacial score (nSPS) is 12.6. The highest BCUT2D eigenvalue weighted by molar-refractivity contribution is 7.91. The molecular weight excluding hydrogens is 593 g/mol. The van der Waals surface area contributed by atoms with Crippen LogP contribution in [0.4, 0.5) is 27.7 Å². The maximum absolute atomic E-state index is 13.9. The van der Waals surface area contributed by atoms with Crippen molar-refractivity contribution in [1.82, 2.24) is 9.97 Å². The molecule has 0 radical (unpaired) electrons. The molecule has 0 bridgehead atoms. The van der Waals surface area contributed by atoms with E-state index in [0.717, 1.165) is 18.1 Å². The Morgan fingerprint density at radius 2 is 1.14 bits per heavy atom.